The molecule has 1 aromatic carbocycles. The van der Waals surface area contributed by atoms with E-state index in [0.29, 0.717) is 12.7 Å². The van der Waals surface area contributed by atoms with Gasteiger partial charge in [-0.2, -0.15) is 0 Å². The minimum absolute atomic E-state index is 0.0127. The number of halogens is 2. The van der Waals surface area contributed by atoms with Crippen molar-refractivity contribution >= 4 is 11.7 Å². The summed E-state index contributed by atoms with van der Waals surface area (Å²) in [5, 5.41) is 11.7. The van der Waals surface area contributed by atoms with E-state index in [4.69, 9.17) is 9.84 Å². The second-order valence-electron chi connectivity index (χ2n) is 4.51. The van der Waals surface area contributed by atoms with Crippen molar-refractivity contribution in [2.75, 3.05) is 11.9 Å². The van der Waals surface area contributed by atoms with Gasteiger partial charge in [-0.25, -0.2) is 13.6 Å². The Labute approximate surface area is 109 Å². The SMILES string of the molecule is CCOC1CC(Nc2cc(C(=O)O)c(F)cc2F)C1. The average Bonchev–Trinajstić information content (AvgIpc) is 2.28. The normalized spacial score (nSPS) is 21.8. The number of carbonyl (C=O) groups is 1. The van der Waals surface area contributed by atoms with Crippen LogP contribution in [0, 0.1) is 11.6 Å². The standard InChI is InChI=1S/C13H15F2NO3/c1-2-19-8-3-7(4-8)16-12-5-9(13(17)18)10(14)6-11(12)15/h5-8,16H,2-4H2,1H3,(H,17,18). The Morgan fingerprint density at radius 2 is 2.11 bits per heavy atom. The second-order valence-corrected chi connectivity index (χ2v) is 4.51. The van der Waals surface area contributed by atoms with Crippen LogP contribution in [0.1, 0.15) is 30.1 Å². The maximum Gasteiger partial charge on any atom is 0.338 e. The lowest BCUT2D eigenvalue weighted by molar-refractivity contribution is 0.00292. The summed E-state index contributed by atoms with van der Waals surface area (Å²) in [5.74, 6) is -3.28. The molecule has 1 saturated carbocycles. The van der Waals surface area contributed by atoms with Crippen LogP contribution in [0.2, 0.25) is 0 Å². The van der Waals surface area contributed by atoms with Crippen LogP contribution in [0.5, 0.6) is 0 Å². The van der Waals surface area contributed by atoms with Crippen LogP contribution < -0.4 is 5.32 Å². The predicted octanol–water partition coefficient (Wildman–Crippen LogP) is 2.64. The summed E-state index contributed by atoms with van der Waals surface area (Å²) in [4.78, 5) is 10.8. The summed E-state index contributed by atoms with van der Waals surface area (Å²) in [6, 6.07) is 1.60. The fraction of sp³-hybridized carbons (Fsp3) is 0.462. The number of benzene rings is 1. The molecule has 0 radical (unpaired) electrons. The number of rotatable bonds is 5. The van der Waals surface area contributed by atoms with Crippen molar-refractivity contribution in [1.82, 2.24) is 0 Å². The van der Waals surface area contributed by atoms with Crippen molar-refractivity contribution < 1.29 is 23.4 Å². The van der Waals surface area contributed by atoms with E-state index in [-0.39, 0.29) is 17.8 Å². The van der Waals surface area contributed by atoms with Gasteiger partial charge in [0.1, 0.15) is 11.6 Å². The minimum Gasteiger partial charge on any atom is -0.478 e. The van der Waals surface area contributed by atoms with Crippen LogP contribution in [0.4, 0.5) is 14.5 Å². The highest BCUT2D eigenvalue weighted by Gasteiger charge is 2.30. The van der Waals surface area contributed by atoms with E-state index in [1.54, 1.807) is 0 Å². The van der Waals surface area contributed by atoms with Crippen molar-refractivity contribution in [3.05, 3.63) is 29.3 Å². The molecule has 0 atom stereocenters. The van der Waals surface area contributed by atoms with Crippen LogP contribution in [0.15, 0.2) is 12.1 Å². The van der Waals surface area contributed by atoms with Gasteiger partial charge in [-0.05, 0) is 25.8 Å². The first-order valence-corrected chi connectivity index (χ1v) is 6.11. The van der Waals surface area contributed by atoms with E-state index in [2.05, 4.69) is 5.32 Å². The molecule has 0 saturated heterocycles. The Morgan fingerprint density at radius 3 is 2.68 bits per heavy atom. The minimum atomic E-state index is -1.42. The van der Waals surface area contributed by atoms with Crippen molar-refractivity contribution in [3.8, 4) is 0 Å². The van der Waals surface area contributed by atoms with Crippen molar-refractivity contribution in [3.63, 3.8) is 0 Å². The molecule has 0 aliphatic heterocycles. The number of anilines is 1. The summed E-state index contributed by atoms with van der Waals surface area (Å²) in [6.45, 7) is 2.53. The lowest BCUT2D eigenvalue weighted by Gasteiger charge is -2.36. The highest BCUT2D eigenvalue weighted by atomic mass is 19.1. The van der Waals surface area contributed by atoms with Gasteiger partial charge in [-0.1, -0.05) is 0 Å². The van der Waals surface area contributed by atoms with E-state index in [9.17, 15) is 13.6 Å². The number of aromatic carboxylic acids is 1. The van der Waals surface area contributed by atoms with Gasteiger partial charge in [0.05, 0.1) is 17.4 Å². The maximum absolute atomic E-state index is 13.5. The highest BCUT2D eigenvalue weighted by Crippen LogP contribution is 2.29. The molecule has 0 aromatic heterocycles. The lowest BCUT2D eigenvalue weighted by Crippen LogP contribution is -2.41. The molecule has 1 aliphatic carbocycles. The van der Waals surface area contributed by atoms with Gasteiger partial charge in [0.2, 0.25) is 0 Å². The smallest absolute Gasteiger partial charge is 0.338 e. The van der Waals surface area contributed by atoms with Gasteiger partial charge in [0, 0.05) is 18.7 Å². The number of hydrogen-bond donors (Lipinski definition) is 2. The fourth-order valence-corrected chi connectivity index (χ4v) is 2.10. The van der Waals surface area contributed by atoms with E-state index in [0.717, 1.165) is 18.9 Å². The first kappa shape index (κ1) is 13.7. The third-order valence-electron chi connectivity index (χ3n) is 3.14. The Morgan fingerprint density at radius 1 is 1.42 bits per heavy atom. The molecule has 19 heavy (non-hydrogen) atoms. The molecule has 0 bridgehead atoms. The molecule has 2 N–H and O–H groups in total. The van der Waals surface area contributed by atoms with Gasteiger partial charge in [-0.3, -0.25) is 0 Å². The monoisotopic (exact) mass is 271 g/mol. The van der Waals surface area contributed by atoms with Crippen molar-refractivity contribution in [1.29, 1.82) is 0 Å². The molecule has 1 aliphatic rings. The largest absolute Gasteiger partial charge is 0.478 e. The van der Waals surface area contributed by atoms with Crippen LogP contribution >= 0.6 is 0 Å². The summed E-state index contributed by atoms with van der Waals surface area (Å²) in [5.41, 5.74) is -0.525. The molecule has 0 unspecified atom stereocenters. The zero-order valence-electron chi connectivity index (χ0n) is 10.5. The molecule has 1 aromatic rings. The summed E-state index contributed by atoms with van der Waals surface area (Å²) in [7, 11) is 0. The average molecular weight is 271 g/mol. The molecular weight excluding hydrogens is 256 g/mol. The molecule has 1 fully saturated rings. The Balaban J connectivity index is 2.05. The second kappa shape index (κ2) is 5.52. The molecule has 2 rings (SSSR count). The summed E-state index contributed by atoms with van der Waals surface area (Å²) >= 11 is 0. The van der Waals surface area contributed by atoms with Gasteiger partial charge in [-0.15, -0.1) is 0 Å². The number of hydrogen-bond acceptors (Lipinski definition) is 3. The first-order chi connectivity index (χ1) is 9.01. The Kier molecular flexibility index (Phi) is 3.99. The van der Waals surface area contributed by atoms with Crippen molar-refractivity contribution in [2.45, 2.75) is 31.9 Å². The van der Waals surface area contributed by atoms with E-state index in [1.807, 2.05) is 6.92 Å². The summed E-state index contributed by atoms with van der Waals surface area (Å²) in [6.07, 6.45) is 1.62. The van der Waals surface area contributed by atoms with E-state index < -0.39 is 23.2 Å². The number of carboxylic acid groups (broad SMARTS) is 1. The molecule has 0 heterocycles. The van der Waals surface area contributed by atoms with Crippen molar-refractivity contribution in [2.24, 2.45) is 0 Å². The van der Waals surface area contributed by atoms with Gasteiger partial charge in [0.15, 0.2) is 0 Å². The van der Waals surface area contributed by atoms with Gasteiger partial charge >= 0.3 is 5.97 Å². The first-order valence-electron chi connectivity index (χ1n) is 6.11. The molecule has 0 amide bonds. The Hall–Kier alpha value is -1.69. The van der Waals surface area contributed by atoms with Crippen LogP contribution in [0.25, 0.3) is 0 Å². The topological polar surface area (TPSA) is 58.6 Å². The van der Waals surface area contributed by atoms with Crippen LogP contribution in [0.3, 0.4) is 0 Å². The predicted molar refractivity (Wildman–Crippen MR) is 65.4 cm³/mol. The van der Waals surface area contributed by atoms with Gasteiger partial charge in [0.25, 0.3) is 0 Å². The number of carboxylic acids is 1. The van der Waals surface area contributed by atoms with Crippen LogP contribution in [-0.2, 0) is 4.74 Å². The summed E-state index contributed by atoms with van der Waals surface area (Å²) < 4.78 is 32.1. The Bertz CT molecular complexity index is 487. The van der Waals surface area contributed by atoms with E-state index >= 15 is 0 Å². The third kappa shape index (κ3) is 3.01. The fourth-order valence-electron chi connectivity index (χ4n) is 2.10. The molecular formula is C13H15F2NO3. The molecule has 6 heteroatoms. The number of ether oxygens (including phenoxy) is 1. The van der Waals surface area contributed by atoms with Gasteiger partial charge < -0.3 is 15.2 Å². The number of nitrogens with one attached hydrogen (secondary N) is 1. The molecule has 104 valence electrons. The third-order valence-corrected chi connectivity index (χ3v) is 3.14. The van der Waals surface area contributed by atoms with Crippen LogP contribution in [-0.4, -0.2) is 29.8 Å². The van der Waals surface area contributed by atoms with E-state index in [1.165, 1.54) is 0 Å². The quantitative estimate of drug-likeness (QED) is 0.864. The highest BCUT2D eigenvalue weighted by molar-refractivity contribution is 5.89. The maximum atomic E-state index is 13.5. The molecule has 4 nitrogen and oxygen atoms in total. The lowest BCUT2D eigenvalue weighted by atomic mass is 9.89. The molecule has 0 spiro atoms. The zero-order valence-corrected chi connectivity index (χ0v) is 10.5. The zero-order chi connectivity index (χ0) is 14.0.